The number of urea groups is 1. The highest BCUT2D eigenvalue weighted by molar-refractivity contribution is 5.99. The van der Waals surface area contributed by atoms with Crippen LogP contribution in [0.15, 0.2) is 42.7 Å². The average molecular weight is 318 g/mol. The first-order valence-corrected chi connectivity index (χ1v) is 6.65. The van der Waals surface area contributed by atoms with Gasteiger partial charge in [0.2, 0.25) is 0 Å². The van der Waals surface area contributed by atoms with Crippen LogP contribution in [0.4, 0.5) is 25.4 Å². The molecule has 0 bridgehead atoms. The lowest BCUT2D eigenvalue weighted by Crippen LogP contribution is -2.24. The molecule has 2 rings (SSSR count). The van der Waals surface area contributed by atoms with E-state index in [9.17, 15) is 14.0 Å². The predicted molar refractivity (Wildman–Crippen MR) is 82.8 cm³/mol. The number of nitrogens with one attached hydrogen (secondary N) is 2. The van der Waals surface area contributed by atoms with Crippen molar-refractivity contribution in [3.05, 3.63) is 54.1 Å². The number of carbonyl (C=O) groups excluding carboxylic acids is 1. The van der Waals surface area contributed by atoms with Gasteiger partial charge in [-0.25, -0.2) is 14.0 Å². The second-order valence-electron chi connectivity index (χ2n) is 4.81. The quantitative estimate of drug-likeness (QED) is 0.807. The van der Waals surface area contributed by atoms with Gasteiger partial charge in [0.1, 0.15) is 5.82 Å². The molecular formula is C15H15FN4O3. The van der Waals surface area contributed by atoms with E-state index >= 15 is 0 Å². The molecule has 0 aliphatic rings. The van der Waals surface area contributed by atoms with Crippen molar-refractivity contribution >= 4 is 23.5 Å². The van der Waals surface area contributed by atoms with Crippen LogP contribution in [0.1, 0.15) is 5.56 Å². The van der Waals surface area contributed by atoms with Crippen LogP contribution in [0.3, 0.4) is 0 Å². The number of carbonyl (C=O) groups is 2. The third-order valence-corrected chi connectivity index (χ3v) is 2.88. The van der Waals surface area contributed by atoms with E-state index in [2.05, 4.69) is 15.6 Å². The Kier molecular flexibility index (Phi) is 5.08. The van der Waals surface area contributed by atoms with Crippen LogP contribution in [0.25, 0.3) is 0 Å². The molecule has 0 aliphatic carbocycles. The fourth-order valence-corrected chi connectivity index (χ4v) is 1.89. The number of hydrogen-bond donors (Lipinski definition) is 3. The van der Waals surface area contributed by atoms with Crippen molar-refractivity contribution in [1.29, 1.82) is 0 Å². The highest BCUT2D eigenvalue weighted by atomic mass is 19.1. The van der Waals surface area contributed by atoms with E-state index in [0.717, 1.165) is 11.0 Å². The fourth-order valence-electron chi connectivity index (χ4n) is 1.89. The SMILES string of the molecule is CN(Cc1cc(F)cc(NC(=O)Nc2cccnc2)c1)C(=O)O. The lowest BCUT2D eigenvalue weighted by Gasteiger charge is -2.14. The maximum Gasteiger partial charge on any atom is 0.407 e. The summed E-state index contributed by atoms with van der Waals surface area (Å²) in [4.78, 5) is 27.5. The van der Waals surface area contributed by atoms with Crippen LogP contribution in [-0.2, 0) is 6.54 Å². The van der Waals surface area contributed by atoms with Gasteiger partial charge in [0, 0.05) is 25.5 Å². The molecule has 0 fully saturated rings. The van der Waals surface area contributed by atoms with Gasteiger partial charge in [-0.2, -0.15) is 0 Å². The zero-order chi connectivity index (χ0) is 16.8. The number of benzene rings is 1. The summed E-state index contributed by atoms with van der Waals surface area (Å²) in [6.45, 7) is 0.00595. The van der Waals surface area contributed by atoms with Crippen LogP contribution in [0.5, 0.6) is 0 Å². The number of anilines is 2. The Bertz CT molecular complexity index is 709. The molecule has 0 spiro atoms. The van der Waals surface area contributed by atoms with Crippen LogP contribution < -0.4 is 10.6 Å². The molecule has 3 amide bonds. The minimum Gasteiger partial charge on any atom is -0.465 e. The molecule has 0 aliphatic heterocycles. The van der Waals surface area contributed by atoms with E-state index in [-0.39, 0.29) is 12.2 Å². The second kappa shape index (κ2) is 7.21. The molecule has 2 aromatic rings. The van der Waals surface area contributed by atoms with Gasteiger partial charge in [-0.15, -0.1) is 0 Å². The molecular weight excluding hydrogens is 303 g/mol. The summed E-state index contributed by atoms with van der Waals surface area (Å²) >= 11 is 0. The first kappa shape index (κ1) is 16.2. The average Bonchev–Trinajstić information content (AvgIpc) is 2.47. The molecule has 0 radical (unpaired) electrons. The molecule has 120 valence electrons. The van der Waals surface area contributed by atoms with E-state index in [1.807, 2.05) is 0 Å². The Hall–Kier alpha value is -3.16. The summed E-state index contributed by atoms with van der Waals surface area (Å²) in [5.41, 5.74) is 1.14. The molecule has 0 saturated heterocycles. The van der Waals surface area contributed by atoms with Crippen molar-refractivity contribution in [2.24, 2.45) is 0 Å². The molecule has 23 heavy (non-hydrogen) atoms. The fraction of sp³-hybridized carbons (Fsp3) is 0.133. The number of carboxylic acid groups (broad SMARTS) is 1. The third kappa shape index (κ3) is 4.95. The maximum atomic E-state index is 13.6. The normalized spacial score (nSPS) is 10.0. The Morgan fingerprint density at radius 3 is 2.65 bits per heavy atom. The van der Waals surface area contributed by atoms with Gasteiger partial charge in [0.25, 0.3) is 0 Å². The summed E-state index contributed by atoms with van der Waals surface area (Å²) in [6.07, 6.45) is 1.91. The Labute approximate surface area is 131 Å². The minimum absolute atomic E-state index is 0.00595. The smallest absolute Gasteiger partial charge is 0.407 e. The zero-order valence-corrected chi connectivity index (χ0v) is 12.3. The summed E-state index contributed by atoms with van der Waals surface area (Å²) in [5, 5.41) is 13.9. The number of amides is 3. The number of pyridine rings is 1. The van der Waals surface area contributed by atoms with Gasteiger partial charge in [-0.3, -0.25) is 4.98 Å². The monoisotopic (exact) mass is 318 g/mol. The second-order valence-corrected chi connectivity index (χ2v) is 4.81. The summed E-state index contributed by atoms with van der Waals surface area (Å²) < 4.78 is 13.6. The van der Waals surface area contributed by atoms with Crippen molar-refractivity contribution in [1.82, 2.24) is 9.88 Å². The Balaban J connectivity index is 2.06. The molecule has 0 unspecified atom stereocenters. The third-order valence-electron chi connectivity index (χ3n) is 2.88. The lowest BCUT2D eigenvalue weighted by atomic mass is 10.2. The molecule has 8 heteroatoms. The first-order valence-electron chi connectivity index (χ1n) is 6.65. The summed E-state index contributed by atoms with van der Waals surface area (Å²) in [7, 11) is 1.37. The van der Waals surface area contributed by atoms with Gasteiger partial charge < -0.3 is 20.6 Å². The van der Waals surface area contributed by atoms with Crippen LogP contribution in [0.2, 0.25) is 0 Å². The van der Waals surface area contributed by atoms with Crippen molar-refractivity contribution in [3.63, 3.8) is 0 Å². The minimum atomic E-state index is -1.13. The van der Waals surface area contributed by atoms with Gasteiger partial charge in [-0.1, -0.05) is 0 Å². The first-order chi connectivity index (χ1) is 10.9. The van der Waals surface area contributed by atoms with Gasteiger partial charge in [0.05, 0.1) is 11.9 Å². The van der Waals surface area contributed by atoms with Crippen molar-refractivity contribution < 1.29 is 19.1 Å². The van der Waals surface area contributed by atoms with Gasteiger partial charge >= 0.3 is 12.1 Å². The Morgan fingerprint density at radius 2 is 2.00 bits per heavy atom. The largest absolute Gasteiger partial charge is 0.465 e. The van der Waals surface area contributed by atoms with Crippen molar-refractivity contribution in [2.45, 2.75) is 6.54 Å². The highest BCUT2D eigenvalue weighted by Gasteiger charge is 2.10. The number of halogens is 1. The van der Waals surface area contributed by atoms with E-state index in [1.165, 1.54) is 25.4 Å². The molecule has 7 nitrogen and oxygen atoms in total. The molecule has 1 aromatic carbocycles. The summed E-state index contributed by atoms with van der Waals surface area (Å²) in [6, 6.07) is 6.63. The zero-order valence-electron chi connectivity index (χ0n) is 12.3. The standard InChI is InChI=1S/C15H15FN4O3/c1-20(15(22)23)9-10-5-11(16)7-13(6-10)19-14(21)18-12-3-2-4-17-8-12/h2-8H,9H2,1H3,(H,22,23)(H2,18,19,21). The molecule has 1 aromatic heterocycles. The maximum absolute atomic E-state index is 13.6. The van der Waals surface area contributed by atoms with E-state index in [1.54, 1.807) is 18.3 Å². The molecule has 0 saturated carbocycles. The van der Waals surface area contributed by atoms with Crippen molar-refractivity contribution in [2.75, 3.05) is 17.7 Å². The predicted octanol–water partition coefficient (Wildman–Crippen LogP) is 2.97. The van der Waals surface area contributed by atoms with Crippen LogP contribution >= 0.6 is 0 Å². The topological polar surface area (TPSA) is 94.6 Å². The Morgan fingerprint density at radius 1 is 1.26 bits per heavy atom. The molecule has 1 heterocycles. The number of rotatable bonds is 4. The van der Waals surface area contributed by atoms with Gasteiger partial charge in [-0.05, 0) is 35.9 Å². The summed E-state index contributed by atoms with van der Waals surface area (Å²) in [5.74, 6) is -0.571. The lowest BCUT2D eigenvalue weighted by molar-refractivity contribution is 0.153. The van der Waals surface area contributed by atoms with E-state index in [0.29, 0.717) is 11.3 Å². The number of hydrogen-bond acceptors (Lipinski definition) is 3. The molecule has 0 atom stereocenters. The van der Waals surface area contributed by atoms with Crippen molar-refractivity contribution in [3.8, 4) is 0 Å². The van der Waals surface area contributed by atoms with E-state index in [4.69, 9.17) is 5.11 Å². The van der Waals surface area contributed by atoms with E-state index < -0.39 is 17.9 Å². The van der Waals surface area contributed by atoms with Crippen LogP contribution in [0, 0.1) is 5.82 Å². The highest BCUT2D eigenvalue weighted by Crippen LogP contribution is 2.16. The number of nitrogens with zero attached hydrogens (tertiary/aromatic N) is 2. The molecule has 3 N–H and O–H groups in total. The number of aromatic nitrogens is 1. The van der Waals surface area contributed by atoms with Crippen LogP contribution in [-0.4, -0.2) is 34.2 Å². The van der Waals surface area contributed by atoms with Gasteiger partial charge in [0.15, 0.2) is 0 Å².